The molecule has 1 aromatic heterocycles. The first-order chi connectivity index (χ1) is 15.3. The van der Waals surface area contributed by atoms with E-state index in [-0.39, 0.29) is 21.9 Å². The molecule has 0 spiro atoms. The number of nitro benzene ring substituents is 1. The summed E-state index contributed by atoms with van der Waals surface area (Å²) in [5.74, 6) is 0.720. The average molecular weight is 436 g/mol. The molecule has 0 fully saturated rings. The van der Waals surface area contributed by atoms with E-state index in [1.807, 2.05) is 14.1 Å². The minimum Gasteiger partial charge on any atom is -0.494 e. The second-order valence-corrected chi connectivity index (χ2v) is 7.41. The second-order valence-electron chi connectivity index (χ2n) is 7.41. The van der Waals surface area contributed by atoms with Gasteiger partial charge in [0.05, 0.1) is 17.1 Å². The highest BCUT2D eigenvalue weighted by Gasteiger charge is 2.10. The Morgan fingerprint density at radius 2 is 1.59 bits per heavy atom. The number of nitrogens with one attached hydrogen (secondary N) is 2. The molecule has 3 aromatic rings. The largest absolute Gasteiger partial charge is 0.494 e. The van der Waals surface area contributed by atoms with Gasteiger partial charge in [0, 0.05) is 12.6 Å². The van der Waals surface area contributed by atoms with Crippen LogP contribution >= 0.6 is 0 Å². The maximum absolute atomic E-state index is 12.5. The number of aromatic amines is 2. The Labute approximate surface area is 183 Å². The summed E-state index contributed by atoms with van der Waals surface area (Å²) in [5, 5.41) is 11.2. The van der Waals surface area contributed by atoms with Gasteiger partial charge in [0.1, 0.15) is 16.4 Å². The van der Waals surface area contributed by atoms with Gasteiger partial charge >= 0.3 is 0 Å². The summed E-state index contributed by atoms with van der Waals surface area (Å²) in [5.41, 5.74) is -0.306. The molecule has 0 saturated heterocycles. The highest BCUT2D eigenvalue weighted by atomic mass is 16.6. The molecule has 9 heteroatoms. The Hall–Kier alpha value is -3.98. The van der Waals surface area contributed by atoms with Gasteiger partial charge in [-0.25, -0.2) is 0 Å². The smallest absolute Gasteiger partial charge is 0.276 e. The summed E-state index contributed by atoms with van der Waals surface area (Å²) in [6, 6.07) is 13.1. The highest BCUT2D eigenvalue weighted by Crippen LogP contribution is 2.17. The van der Waals surface area contributed by atoms with E-state index in [1.54, 1.807) is 36.4 Å². The molecule has 0 aliphatic heterocycles. The molecule has 0 bridgehead atoms. The number of nitrogens with zero attached hydrogens (tertiary/aromatic N) is 2. The van der Waals surface area contributed by atoms with E-state index in [2.05, 4.69) is 14.9 Å². The zero-order chi connectivity index (χ0) is 23.1. The van der Waals surface area contributed by atoms with Crippen LogP contribution in [0, 0.1) is 10.1 Å². The van der Waals surface area contributed by atoms with Crippen molar-refractivity contribution in [2.75, 3.05) is 27.2 Å². The van der Waals surface area contributed by atoms with E-state index in [0.29, 0.717) is 12.2 Å². The number of hydrogen-bond acceptors (Lipinski definition) is 6. The fraction of sp³-hybridized carbons (Fsp3) is 0.217. The third kappa shape index (κ3) is 6.02. The minimum atomic E-state index is -0.560. The topological polar surface area (TPSA) is 121 Å². The summed E-state index contributed by atoms with van der Waals surface area (Å²) in [7, 11) is 4.01. The lowest BCUT2D eigenvalue weighted by atomic mass is 10.1. The number of benzene rings is 2. The zero-order valence-electron chi connectivity index (χ0n) is 17.8. The quantitative estimate of drug-likeness (QED) is 0.308. The predicted molar refractivity (Wildman–Crippen MR) is 122 cm³/mol. The molecule has 0 aliphatic rings. The number of H-pyrrole nitrogens is 2. The molecule has 1 heterocycles. The van der Waals surface area contributed by atoms with Crippen LogP contribution in [0.2, 0.25) is 0 Å². The number of aromatic nitrogens is 2. The standard InChI is InChI=1S/C23H24N4O5/c1-26(2)12-5-13-32-18-10-8-16(9-11-18)14-19-22(28)25-20(23(29)24-19)15-17-6-3-4-7-21(17)27(30)31/h3-4,6-11,14-15H,5,12-13H2,1-2H3,(H,24,29)(H,25,28). The van der Waals surface area contributed by atoms with Crippen molar-refractivity contribution in [1.82, 2.24) is 14.9 Å². The third-order valence-corrected chi connectivity index (χ3v) is 4.63. The number of hydrogen-bond donors (Lipinski definition) is 2. The Morgan fingerprint density at radius 1 is 0.969 bits per heavy atom. The number of rotatable bonds is 8. The van der Waals surface area contributed by atoms with Crippen LogP contribution in [0.1, 0.15) is 17.5 Å². The van der Waals surface area contributed by atoms with E-state index in [9.17, 15) is 19.7 Å². The molecule has 0 atom stereocenters. The highest BCUT2D eigenvalue weighted by molar-refractivity contribution is 5.59. The molecule has 0 amide bonds. The van der Waals surface area contributed by atoms with Crippen molar-refractivity contribution in [2.24, 2.45) is 0 Å². The molecular weight excluding hydrogens is 412 g/mol. The molecule has 3 rings (SSSR count). The lowest BCUT2D eigenvalue weighted by Crippen LogP contribution is -2.46. The van der Waals surface area contributed by atoms with Crippen LogP contribution in [-0.2, 0) is 0 Å². The van der Waals surface area contributed by atoms with Crippen molar-refractivity contribution in [3.05, 3.63) is 101 Å². The van der Waals surface area contributed by atoms with Crippen LogP contribution < -0.4 is 26.6 Å². The SMILES string of the molecule is CN(C)CCCOc1ccc(C=c2[nH]c(=O)c(=Cc3ccccc3[N+](=O)[O-])[nH]c2=O)cc1. The van der Waals surface area contributed by atoms with Gasteiger partial charge in [-0.1, -0.05) is 24.3 Å². The number of ether oxygens (including phenoxy) is 1. The normalized spacial score (nSPS) is 12.3. The number of para-hydroxylation sites is 1. The molecule has 0 saturated carbocycles. The molecule has 166 valence electrons. The van der Waals surface area contributed by atoms with E-state index in [1.165, 1.54) is 24.3 Å². The minimum absolute atomic E-state index is 0.0667. The molecule has 9 nitrogen and oxygen atoms in total. The third-order valence-electron chi connectivity index (χ3n) is 4.63. The Balaban J connectivity index is 1.85. The summed E-state index contributed by atoms with van der Waals surface area (Å²) in [6.07, 6.45) is 3.74. The van der Waals surface area contributed by atoms with Crippen molar-refractivity contribution in [2.45, 2.75) is 6.42 Å². The van der Waals surface area contributed by atoms with Crippen molar-refractivity contribution in [3.8, 4) is 5.75 Å². The molecule has 0 radical (unpaired) electrons. The summed E-state index contributed by atoms with van der Waals surface area (Å²) in [6.45, 7) is 1.54. The van der Waals surface area contributed by atoms with Crippen molar-refractivity contribution in [3.63, 3.8) is 0 Å². The first-order valence-corrected chi connectivity index (χ1v) is 10.0. The molecular formula is C23H24N4O5. The van der Waals surface area contributed by atoms with Crippen LogP contribution in [-0.4, -0.2) is 47.0 Å². The van der Waals surface area contributed by atoms with Crippen molar-refractivity contribution < 1.29 is 9.66 Å². The maximum atomic E-state index is 12.5. The first-order valence-electron chi connectivity index (χ1n) is 10.0. The van der Waals surface area contributed by atoms with Crippen LogP contribution in [0.15, 0.2) is 58.1 Å². The Bertz CT molecular complexity index is 1320. The van der Waals surface area contributed by atoms with Gasteiger partial charge < -0.3 is 19.6 Å². The van der Waals surface area contributed by atoms with Gasteiger partial charge in [0.2, 0.25) is 0 Å². The monoisotopic (exact) mass is 436 g/mol. The van der Waals surface area contributed by atoms with Gasteiger partial charge in [-0.05, 0) is 56.4 Å². The van der Waals surface area contributed by atoms with Gasteiger partial charge in [0.15, 0.2) is 0 Å². The van der Waals surface area contributed by atoms with Crippen molar-refractivity contribution >= 4 is 17.8 Å². The van der Waals surface area contributed by atoms with E-state index >= 15 is 0 Å². The average Bonchev–Trinajstić information content (AvgIpc) is 2.76. The fourth-order valence-corrected chi connectivity index (χ4v) is 3.03. The van der Waals surface area contributed by atoms with E-state index < -0.39 is 16.0 Å². The fourth-order valence-electron chi connectivity index (χ4n) is 3.03. The molecule has 0 unspecified atom stereocenters. The van der Waals surface area contributed by atoms with E-state index in [0.717, 1.165) is 18.7 Å². The van der Waals surface area contributed by atoms with Crippen molar-refractivity contribution in [1.29, 1.82) is 0 Å². The summed E-state index contributed by atoms with van der Waals surface area (Å²) in [4.78, 5) is 42.6. The first kappa shape index (κ1) is 22.7. The molecule has 32 heavy (non-hydrogen) atoms. The van der Waals surface area contributed by atoms with Crippen LogP contribution in [0.25, 0.3) is 12.2 Å². The summed E-state index contributed by atoms with van der Waals surface area (Å²) < 4.78 is 5.68. The van der Waals surface area contributed by atoms with Gasteiger partial charge in [0.25, 0.3) is 16.8 Å². The molecule has 2 N–H and O–H groups in total. The molecule has 2 aromatic carbocycles. The maximum Gasteiger partial charge on any atom is 0.276 e. The Kier molecular flexibility index (Phi) is 7.35. The van der Waals surface area contributed by atoms with Gasteiger partial charge in [-0.3, -0.25) is 19.7 Å². The molecule has 0 aliphatic carbocycles. The predicted octanol–water partition coefficient (Wildman–Crippen LogP) is 0.960. The number of nitro groups is 1. The van der Waals surface area contributed by atoms with E-state index in [4.69, 9.17) is 4.74 Å². The Morgan fingerprint density at radius 3 is 2.22 bits per heavy atom. The van der Waals surface area contributed by atoms with Crippen LogP contribution in [0.5, 0.6) is 5.75 Å². The van der Waals surface area contributed by atoms with Crippen LogP contribution in [0.4, 0.5) is 5.69 Å². The summed E-state index contributed by atoms with van der Waals surface area (Å²) >= 11 is 0. The van der Waals surface area contributed by atoms with Gasteiger partial charge in [-0.15, -0.1) is 0 Å². The zero-order valence-corrected chi connectivity index (χ0v) is 17.8. The van der Waals surface area contributed by atoms with Gasteiger partial charge in [-0.2, -0.15) is 0 Å². The lowest BCUT2D eigenvalue weighted by Gasteiger charge is -2.10. The van der Waals surface area contributed by atoms with Crippen LogP contribution in [0.3, 0.4) is 0 Å². The second kappa shape index (κ2) is 10.4. The lowest BCUT2D eigenvalue weighted by molar-refractivity contribution is -0.385.